The first kappa shape index (κ1) is 11.9. The summed E-state index contributed by atoms with van der Waals surface area (Å²) in [5.41, 5.74) is 5.78. The molecular formula is C12H21NO3. The smallest absolute Gasteiger partial charge is 0.308 e. The van der Waals surface area contributed by atoms with Crippen molar-refractivity contribution in [1.29, 1.82) is 0 Å². The molecule has 4 nitrogen and oxygen atoms in total. The summed E-state index contributed by atoms with van der Waals surface area (Å²) >= 11 is 0. The van der Waals surface area contributed by atoms with Crippen molar-refractivity contribution in [1.82, 2.24) is 0 Å². The van der Waals surface area contributed by atoms with E-state index in [9.17, 15) is 4.79 Å². The lowest BCUT2D eigenvalue weighted by Crippen LogP contribution is -2.25. The molecule has 1 saturated heterocycles. The van der Waals surface area contributed by atoms with E-state index in [1.54, 1.807) is 0 Å². The van der Waals surface area contributed by atoms with Crippen LogP contribution in [0.4, 0.5) is 0 Å². The molecule has 16 heavy (non-hydrogen) atoms. The number of nitrogens with two attached hydrogens (primary N) is 1. The largest absolute Gasteiger partial charge is 0.465 e. The molecule has 0 spiro atoms. The molecule has 2 aliphatic rings. The highest BCUT2D eigenvalue weighted by atomic mass is 16.5. The van der Waals surface area contributed by atoms with E-state index in [1.165, 1.54) is 0 Å². The van der Waals surface area contributed by atoms with E-state index < -0.39 is 0 Å². The molecule has 2 fully saturated rings. The summed E-state index contributed by atoms with van der Waals surface area (Å²) in [5, 5.41) is 0. The Hall–Kier alpha value is -0.610. The number of carbonyl (C=O) groups excluding carboxylic acids is 1. The van der Waals surface area contributed by atoms with Crippen molar-refractivity contribution in [2.24, 2.45) is 17.6 Å². The lowest BCUT2D eigenvalue weighted by Gasteiger charge is -2.22. The fourth-order valence-corrected chi connectivity index (χ4v) is 2.46. The van der Waals surface area contributed by atoms with Gasteiger partial charge in [-0.2, -0.15) is 0 Å². The Labute approximate surface area is 96.5 Å². The molecule has 0 aromatic heterocycles. The van der Waals surface area contributed by atoms with E-state index in [4.69, 9.17) is 15.2 Å². The van der Waals surface area contributed by atoms with Gasteiger partial charge in [-0.25, -0.2) is 0 Å². The second-order valence-corrected chi connectivity index (χ2v) is 4.96. The van der Waals surface area contributed by atoms with Gasteiger partial charge in [-0.3, -0.25) is 4.79 Å². The summed E-state index contributed by atoms with van der Waals surface area (Å²) in [7, 11) is 0. The molecule has 2 N–H and O–H groups in total. The summed E-state index contributed by atoms with van der Waals surface area (Å²) in [6, 6.07) is 0.195. The first-order valence-corrected chi connectivity index (χ1v) is 6.25. The van der Waals surface area contributed by atoms with Crippen LogP contribution >= 0.6 is 0 Å². The molecule has 1 saturated carbocycles. The Morgan fingerprint density at radius 3 is 2.62 bits per heavy atom. The molecule has 92 valence electrons. The maximum atomic E-state index is 11.7. The van der Waals surface area contributed by atoms with Crippen molar-refractivity contribution in [3.63, 3.8) is 0 Å². The topological polar surface area (TPSA) is 61.6 Å². The molecule has 4 heteroatoms. The lowest BCUT2D eigenvalue weighted by molar-refractivity contribution is -0.150. The Morgan fingerprint density at radius 1 is 1.25 bits per heavy atom. The van der Waals surface area contributed by atoms with E-state index in [0.29, 0.717) is 12.5 Å². The SMILES string of the molecule is N[C@H]1CC[C@@H](C(=O)OCC2CCOCC2)C1. The van der Waals surface area contributed by atoms with Crippen LogP contribution < -0.4 is 5.73 Å². The van der Waals surface area contributed by atoms with Crippen LogP contribution in [0.15, 0.2) is 0 Å². The van der Waals surface area contributed by atoms with Gasteiger partial charge in [0.25, 0.3) is 0 Å². The summed E-state index contributed by atoms with van der Waals surface area (Å²) in [6.45, 7) is 2.17. The molecule has 1 heterocycles. The number of hydrogen-bond acceptors (Lipinski definition) is 4. The highest BCUT2D eigenvalue weighted by Crippen LogP contribution is 2.25. The Morgan fingerprint density at radius 2 is 2.00 bits per heavy atom. The summed E-state index contributed by atoms with van der Waals surface area (Å²) in [6.07, 6.45) is 4.67. The van der Waals surface area contributed by atoms with Crippen LogP contribution in [-0.4, -0.2) is 31.8 Å². The number of rotatable bonds is 3. The standard InChI is InChI=1S/C12H21NO3/c13-11-2-1-10(7-11)12(14)16-8-9-3-5-15-6-4-9/h9-11H,1-8,13H2/t10-,11+/m1/s1. The average Bonchev–Trinajstić information content (AvgIpc) is 2.74. The highest BCUT2D eigenvalue weighted by Gasteiger charge is 2.29. The predicted molar refractivity (Wildman–Crippen MR) is 59.8 cm³/mol. The first-order valence-electron chi connectivity index (χ1n) is 6.25. The second kappa shape index (κ2) is 5.64. The molecule has 0 unspecified atom stereocenters. The fraction of sp³-hybridized carbons (Fsp3) is 0.917. The summed E-state index contributed by atoms with van der Waals surface area (Å²) in [4.78, 5) is 11.7. The minimum atomic E-state index is -0.0422. The van der Waals surface area contributed by atoms with Crippen LogP contribution in [0, 0.1) is 11.8 Å². The van der Waals surface area contributed by atoms with Crippen LogP contribution in [0.5, 0.6) is 0 Å². The third kappa shape index (κ3) is 3.19. The molecular weight excluding hydrogens is 206 g/mol. The van der Waals surface area contributed by atoms with Gasteiger partial charge in [0.05, 0.1) is 12.5 Å². The van der Waals surface area contributed by atoms with Gasteiger partial charge in [0.2, 0.25) is 0 Å². The van der Waals surface area contributed by atoms with E-state index in [-0.39, 0.29) is 17.9 Å². The van der Waals surface area contributed by atoms with Crippen LogP contribution in [-0.2, 0) is 14.3 Å². The minimum absolute atomic E-state index is 0.0422. The molecule has 2 rings (SSSR count). The van der Waals surface area contributed by atoms with Gasteiger partial charge in [-0.05, 0) is 38.0 Å². The second-order valence-electron chi connectivity index (χ2n) is 4.96. The number of esters is 1. The van der Waals surface area contributed by atoms with Crippen molar-refractivity contribution in [3.8, 4) is 0 Å². The van der Waals surface area contributed by atoms with Gasteiger partial charge in [-0.15, -0.1) is 0 Å². The van der Waals surface area contributed by atoms with Crippen LogP contribution in [0.2, 0.25) is 0 Å². The highest BCUT2D eigenvalue weighted by molar-refractivity contribution is 5.72. The molecule has 2 atom stereocenters. The Bertz CT molecular complexity index is 238. The van der Waals surface area contributed by atoms with Crippen molar-refractivity contribution in [3.05, 3.63) is 0 Å². The molecule has 0 amide bonds. The van der Waals surface area contributed by atoms with Crippen LogP contribution in [0.25, 0.3) is 0 Å². The zero-order valence-electron chi connectivity index (χ0n) is 9.69. The lowest BCUT2D eigenvalue weighted by atomic mass is 10.0. The summed E-state index contributed by atoms with van der Waals surface area (Å²) < 4.78 is 10.6. The minimum Gasteiger partial charge on any atom is -0.465 e. The van der Waals surface area contributed by atoms with E-state index in [1.807, 2.05) is 0 Å². The number of ether oxygens (including phenoxy) is 2. The third-order valence-electron chi connectivity index (χ3n) is 3.61. The average molecular weight is 227 g/mol. The maximum Gasteiger partial charge on any atom is 0.308 e. The van der Waals surface area contributed by atoms with Crippen LogP contribution in [0.1, 0.15) is 32.1 Å². The van der Waals surface area contributed by atoms with Gasteiger partial charge in [-0.1, -0.05) is 0 Å². The van der Waals surface area contributed by atoms with E-state index >= 15 is 0 Å². The van der Waals surface area contributed by atoms with Gasteiger partial charge in [0, 0.05) is 19.3 Å². The zero-order chi connectivity index (χ0) is 11.4. The first-order chi connectivity index (χ1) is 7.75. The van der Waals surface area contributed by atoms with Crippen molar-refractivity contribution in [2.75, 3.05) is 19.8 Å². The maximum absolute atomic E-state index is 11.7. The van der Waals surface area contributed by atoms with Gasteiger partial charge in [0.15, 0.2) is 0 Å². The van der Waals surface area contributed by atoms with Crippen molar-refractivity contribution < 1.29 is 14.3 Å². The molecule has 0 bridgehead atoms. The van der Waals surface area contributed by atoms with E-state index in [2.05, 4.69) is 0 Å². The quantitative estimate of drug-likeness (QED) is 0.733. The number of hydrogen-bond donors (Lipinski definition) is 1. The van der Waals surface area contributed by atoms with Crippen molar-refractivity contribution in [2.45, 2.75) is 38.1 Å². The monoisotopic (exact) mass is 227 g/mol. The van der Waals surface area contributed by atoms with Crippen LogP contribution in [0.3, 0.4) is 0 Å². The van der Waals surface area contributed by atoms with Crippen molar-refractivity contribution >= 4 is 5.97 Å². The van der Waals surface area contributed by atoms with Gasteiger partial charge < -0.3 is 15.2 Å². The predicted octanol–water partition coefficient (Wildman–Crippen LogP) is 1.08. The Balaban J connectivity index is 1.67. The number of carbonyl (C=O) groups is 1. The molecule has 1 aliphatic heterocycles. The normalized spacial score (nSPS) is 31.6. The molecule has 0 radical (unpaired) electrons. The molecule has 0 aromatic carbocycles. The fourth-order valence-electron chi connectivity index (χ4n) is 2.46. The zero-order valence-corrected chi connectivity index (χ0v) is 9.69. The molecule has 1 aliphatic carbocycles. The van der Waals surface area contributed by atoms with Gasteiger partial charge >= 0.3 is 5.97 Å². The summed E-state index contributed by atoms with van der Waals surface area (Å²) in [5.74, 6) is 0.502. The Kier molecular flexibility index (Phi) is 4.18. The third-order valence-corrected chi connectivity index (χ3v) is 3.61. The van der Waals surface area contributed by atoms with Gasteiger partial charge in [0.1, 0.15) is 0 Å². The molecule has 0 aromatic rings. The van der Waals surface area contributed by atoms with E-state index in [0.717, 1.165) is 45.3 Å².